The molecule has 0 fully saturated rings. The van der Waals surface area contributed by atoms with E-state index in [2.05, 4.69) is 10.6 Å². The van der Waals surface area contributed by atoms with Gasteiger partial charge < -0.3 is 15.4 Å². The molecule has 0 aliphatic rings. The summed E-state index contributed by atoms with van der Waals surface area (Å²) in [7, 11) is 0. The van der Waals surface area contributed by atoms with Gasteiger partial charge in [0.2, 0.25) is 5.91 Å². The van der Waals surface area contributed by atoms with Gasteiger partial charge >= 0.3 is 6.09 Å². The lowest BCUT2D eigenvalue weighted by molar-refractivity contribution is -0.117. The molecule has 0 aromatic heterocycles. The number of nitrogens with one attached hydrogen (secondary N) is 2. The molecule has 1 aromatic rings. The van der Waals surface area contributed by atoms with E-state index in [1.807, 2.05) is 32.0 Å². The average molecular weight is 292 g/mol. The fourth-order valence-electron chi connectivity index (χ4n) is 1.79. The zero-order valence-corrected chi connectivity index (χ0v) is 13.5. The van der Waals surface area contributed by atoms with Crippen LogP contribution in [0.4, 0.5) is 10.5 Å². The van der Waals surface area contributed by atoms with Crippen molar-refractivity contribution in [3.63, 3.8) is 0 Å². The molecular weight excluding hydrogens is 268 g/mol. The number of benzene rings is 1. The summed E-state index contributed by atoms with van der Waals surface area (Å²) in [5, 5.41) is 5.36. The molecular formula is C16H24N2O3. The highest BCUT2D eigenvalue weighted by Crippen LogP contribution is 2.19. The number of anilines is 1. The van der Waals surface area contributed by atoms with E-state index in [-0.39, 0.29) is 5.91 Å². The predicted octanol–water partition coefficient (Wildman–Crippen LogP) is 3.16. The van der Waals surface area contributed by atoms with Crippen molar-refractivity contribution in [2.24, 2.45) is 0 Å². The van der Waals surface area contributed by atoms with Crippen molar-refractivity contribution in [3.05, 3.63) is 29.3 Å². The van der Waals surface area contributed by atoms with Crippen LogP contribution in [0.2, 0.25) is 0 Å². The Bertz CT molecular complexity index is 513. The van der Waals surface area contributed by atoms with Gasteiger partial charge in [0.15, 0.2) is 0 Å². The third-order valence-corrected chi connectivity index (χ3v) is 2.86. The fourth-order valence-corrected chi connectivity index (χ4v) is 1.79. The van der Waals surface area contributed by atoms with Gasteiger partial charge in [-0.3, -0.25) is 4.79 Å². The molecule has 0 saturated heterocycles. The number of rotatable bonds is 3. The van der Waals surface area contributed by atoms with E-state index in [0.29, 0.717) is 0 Å². The summed E-state index contributed by atoms with van der Waals surface area (Å²) < 4.78 is 5.13. The summed E-state index contributed by atoms with van der Waals surface area (Å²) >= 11 is 0. The minimum Gasteiger partial charge on any atom is -0.444 e. The van der Waals surface area contributed by atoms with Gasteiger partial charge in [-0.15, -0.1) is 0 Å². The lowest BCUT2D eigenvalue weighted by Crippen LogP contribution is -2.44. The lowest BCUT2D eigenvalue weighted by Gasteiger charge is -2.22. The lowest BCUT2D eigenvalue weighted by atomic mass is 10.1. The first kappa shape index (κ1) is 17.0. The molecule has 0 spiro atoms. The first-order valence-electron chi connectivity index (χ1n) is 6.97. The van der Waals surface area contributed by atoms with Gasteiger partial charge in [0, 0.05) is 5.69 Å². The Balaban J connectivity index is 2.65. The molecule has 0 aliphatic heterocycles. The fraction of sp³-hybridized carbons (Fsp3) is 0.500. The molecule has 1 aromatic carbocycles. The Labute approximate surface area is 126 Å². The molecule has 5 nitrogen and oxygen atoms in total. The number of amides is 2. The maximum Gasteiger partial charge on any atom is 0.408 e. The molecule has 0 heterocycles. The van der Waals surface area contributed by atoms with Crippen LogP contribution in [0.5, 0.6) is 0 Å². The number of alkyl carbamates (subject to hydrolysis) is 1. The summed E-state index contributed by atoms with van der Waals surface area (Å²) in [5.74, 6) is -0.279. The molecule has 0 saturated carbocycles. The third kappa shape index (κ3) is 5.45. The molecule has 0 aliphatic carbocycles. The summed E-state index contributed by atoms with van der Waals surface area (Å²) in [6.45, 7) is 10.8. The van der Waals surface area contributed by atoms with Crippen LogP contribution in [0.3, 0.4) is 0 Å². The molecule has 116 valence electrons. The van der Waals surface area contributed by atoms with Crippen molar-refractivity contribution < 1.29 is 14.3 Å². The van der Waals surface area contributed by atoms with E-state index in [1.165, 1.54) is 0 Å². The first-order valence-corrected chi connectivity index (χ1v) is 6.97. The first-order chi connectivity index (χ1) is 9.60. The van der Waals surface area contributed by atoms with Gasteiger partial charge in [-0.05, 0) is 52.7 Å². The maximum atomic E-state index is 12.1. The number of carbonyl (C=O) groups excluding carboxylic acids is 2. The SMILES string of the molecule is Cc1cccc(C)c1NC(=O)C(C)NC(=O)OC(C)(C)C. The number of ether oxygens (including phenoxy) is 1. The number of hydrogen-bond acceptors (Lipinski definition) is 3. The highest BCUT2D eigenvalue weighted by molar-refractivity contribution is 5.97. The van der Waals surface area contributed by atoms with E-state index < -0.39 is 17.7 Å². The van der Waals surface area contributed by atoms with Crippen molar-refractivity contribution in [3.8, 4) is 0 Å². The minimum atomic E-state index is -0.682. The third-order valence-electron chi connectivity index (χ3n) is 2.86. The van der Waals surface area contributed by atoms with Crippen LogP contribution in [0.25, 0.3) is 0 Å². The van der Waals surface area contributed by atoms with Crippen molar-refractivity contribution in [1.29, 1.82) is 0 Å². The second-order valence-corrected chi connectivity index (χ2v) is 6.12. The van der Waals surface area contributed by atoms with Crippen LogP contribution in [0.1, 0.15) is 38.8 Å². The summed E-state index contributed by atoms with van der Waals surface area (Å²) in [6, 6.07) is 5.10. The molecule has 21 heavy (non-hydrogen) atoms. The Kier molecular flexibility index (Phi) is 5.35. The van der Waals surface area contributed by atoms with Crippen LogP contribution in [0, 0.1) is 13.8 Å². The van der Waals surface area contributed by atoms with Crippen LogP contribution < -0.4 is 10.6 Å². The van der Waals surface area contributed by atoms with Crippen LogP contribution in [0.15, 0.2) is 18.2 Å². The van der Waals surface area contributed by atoms with Gasteiger partial charge in [0.1, 0.15) is 11.6 Å². The van der Waals surface area contributed by atoms with Crippen molar-refractivity contribution in [2.45, 2.75) is 53.2 Å². The van der Waals surface area contributed by atoms with Gasteiger partial charge in [-0.1, -0.05) is 18.2 Å². The van der Waals surface area contributed by atoms with E-state index >= 15 is 0 Å². The van der Waals surface area contributed by atoms with E-state index in [4.69, 9.17) is 4.74 Å². The molecule has 5 heteroatoms. The van der Waals surface area contributed by atoms with E-state index in [9.17, 15) is 9.59 Å². The van der Waals surface area contributed by atoms with Crippen molar-refractivity contribution in [1.82, 2.24) is 5.32 Å². The van der Waals surface area contributed by atoms with Gasteiger partial charge in [-0.2, -0.15) is 0 Å². The average Bonchev–Trinajstić information content (AvgIpc) is 2.31. The number of para-hydroxylation sites is 1. The zero-order valence-electron chi connectivity index (χ0n) is 13.5. The minimum absolute atomic E-state index is 0.279. The van der Waals surface area contributed by atoms with Crippen LogP contribution in [-0.2, 0) is 9.53 Å². The molecule has 0 bridgehead atoms. The van der Waals surface area contributed by atoms with E-state index in [0.717, 1.165) is 16.8 Å². The van der Waals surface area contributed by atoms with E-state index in [1.54, 1.807) is 27.7 Å². The normalized spacial score (nSPS) is 12.5. The summed E-state index contributed by atoms with van der Waals surface area (Å²) in [6.07, 6.45) is -0.605. The monoisotopic (exact) mass is 292 g/mol. The molecule has 2 N–H and O–H groups in total. The van der Waals surface area contributed by atoms with Crippen LogP contribution >= 0.6 is 0 Å². The summed E-state index contributed by atoms with van der Waals surface area (Å²) in [4.78, 5) is 23.8. The number of carbonyl (C=O) groups is 2. The largest absolute Gasteiger partial charge is 0.444 e. The molecule has 1 unspecified atom stereocenters. The highest BCUT2D eigenvalue weighted by Gasteiger charge is 2.21. The predicted molar refractivity (Wildman–Crippen MR) is 83.4 cm³/mol. The molecule has 1 rings (SSSR count). The second kappa shape index (κ2) is 6.61. The number of hydrogen-bond donors (Lipinski definition) is 2. The maximum absolute atomic E-state index is 12.1. The zero-order chi connectivity index (χ0) is 16.2. The van der Waals surface area contributed by atoms with Crippen LogP contribution in [-0.4, -0.2) is 23.6 Å². The smallest absolute Gasteiger partial charge is 0.408 e. The molecule has 0 radical (unpaired) electrons. The number of aryl methyl sites for hydroxylation is 2. The molecule has 2 amide bonds. The topological polar surface area (TPSA) is 67.4 Å². The Morgan fingerprint density at radius 3 is 2.14 bits per heavy atom. The van der Waals surface area contributed by atoms with Gasteiger partial charge in [-0.25, -0.2) is 4.79 Å². The second-order valence-electron chi connectivity index (χ2n) is 6.12. The quantitative estimate of drug-likeness (QED) is 0.899. The Hall–Kier alpha value is -2.04. The Morgan fingerprint density at radius 1 is 1.14 bits per heavy atom. The van der Waals surface area contributed by atoms with Crippen molar-refractivity contribution in [2.75, 3.05) is 5.32 Å². The highest BCUT2D eigenvalue weighted by atomic mass is 16.6. The summed E-state index contributed by atoms with van der Waals surface area (Å²) in [5.41, 5.74) is 2.15. The van der Waals surface area contributed by atoms with Crippen molar-refractivity contribution >= 4 is 17.7 Å². The van der Waals surface area contributed by atoms with Gasteiger partial charge in [0.25, 0.3) is 0 Å². The molecule has 1 atom stereocenters. The van der Waals surface area contributed by atoms with Gasteiger partial charge in [0.05, 0.1) is 0 Å². The standard InChI is InChI=1S/C16H24N2O3/c1-10-8-7-9-11(2)13(10)18-14(19)12(3)17-15(20)21-16(4,5)6/h7-9,12H,1-6H3,(H,17,20)(H,18,19). The Morgan fingerprint density at radius 2 is 1.67 bits per heavy atom.